The van der Waals surface area contributed by atoms with Crippen molar-refractivity contribution in [2.45, 2.75) is 32.1 Å². The molecule has 0 aliphatic rings. The van der Waals surface area contributed by atoms with E-state index in [4.69, 9.17) is 22.1 Å². The van der Waals surface area contributed by atoms with Crippen LogP contribution in [-0.2, 0) is 6.42 Å². The largest absolute Gasteiger partial charge is 0.496 e. The lowest BCUT2D eigenvalue weighted by Gasteiger charge is -2.19. The Hall–Kier alpha value is -1.51. The van der Waals surface area contributed by atoms with E-state index in [2.05, 4.69) is 38.1 Å². The fourth-order valence-electron chi connectivity index (χ4n) is 2.67. The van der Waals surface area contributed by atoms with Gasteiger partial charge in [0.2, 0.25) is 0 Å². The van der Waals surface area contributed by atoms with Crippen molar-refractivity contribution in [3.05, 3.63) is 64.2 Å². The topological polar surface area (TPSA) is 35.2 Å². The van der Waals surface area contributed by atoms with Crippen molar-refractivity contribution >= 4 is 11.6 Å². The van der Waals surface area contributed by atoms with Gasteiger partial charge in [-0.05, 0) is 48.2 Å². The van der Waals surface area contributed by atoms with Crippen molar-refractivity contribution < 1.29 is 4.74 Å². The smallest absolute Gasteiger partial charge is 0.122 e. The summed E-state index contributed by atoms with van der Waals surface area (Å²) in [5.41, 5.74) is 9.71. The minimum atomic E-state index is 0.193. The highest BCUT2D eigenvalue weighted by Crippen LogP contribution is 2.31. The van der Waals surface area contributed by atoms with Gasteiger partial charge in [-0.2, -0.15) is 0 Å². The fraction of sp³-hybridized carbons (Fsp3) is 0.368. The molecule has 1 unspecified atom stereocenters. The Morgan fingerprint density at radius 2 is 1.77 bits per heavy atom. The normalized spacial score (nSPS) is 12.5. The molecular weight excluding hydrogens is 294 g/mol. The van der Waals surface area contributed by atoms with E-state index in [0.717, 1.165) is 17.7 Å². The summed E-state index contributed by atoms with van der Waals surface area (Å²) in [6.07, 6.45) is 0.881. The zero-order valence-electron chi connectivity index (χ0n) is 13.5. The summed E-state index contributed by atoms with van der Waals surface area (Å²) in [4.78, 5) is 0. The van der Waals surface area contributed by atoms with Crippen molar-refractivity contribution in [1.82, 2.24) is 0 Å². The van der Waals surface area contributed by atoms with E-state index >= 15 is 0 Å². The van der Waals surface area contributed by atoms with Crippen molar-refractivity contribution in [3.63, 3.8) is 0 Å². The van der Waals surface area contributed by atoms with Gasteiger partial charge >= 0.3 is 0 Å². The third-order valence-electron chi connectivity index (χ3n) is 4.04. The van der Waals surface area contributed by atoms with E-state index in [-0.39, 0.29) is 5.92 Å². The Bertz CT molecular complexity index is 607. The van der Waals surface area contributed by atoms with E-state index < -0.39 is 0 Å². The van der Waals surface area contributed by atoms with E-state index in [1.54, 1.807) is 7.11 Å². The summed E-state index contributed by atoms with van der Waals surface area (Å²) in [6.45, 7) is 4.96. The number of halogens is 1. The van der Waals surface area contributed by atoms with Crippen molar-refractivity contribution in [2.24, 2.45) is 5.73 Å². The Morgan fingerprint density at radius 1 is 1.09 bits per heavy atom. The van der Waals surface area contributed by atoms with Gasteiger partial charge in [-0.3, -0.25) is 0 Å². The average molecular weight is 318 g/mol. The van der Waals surface area contributed by atoms with Crippen LogP contribution in [0.4, 0.5) is 0 Å². The van der Waals surface area contributed by atoms with Crippen LogP contribution in [0.5, 0.6) is 5.75 Å². The van der Waals surface area contributed by atoms with Gasteiger partial charge in [-0.1, -0.05) is 49.7 Å². The van der Waals surface area contributed by atoms with Crippen LogP contribution in [0.2, 0.25) is 5.02 Å². The molecule has 0 aliphatic heterocycles. The molecular formula is C19H24ClNO. The summed E-state index contributed by atoms with van der Waals surface area (Å²) in [5.74, 6) is 1.59. The van der Waals surface area contributed by atoms with Gasteiger partial charge in [0, 0.05) is 16.5 Å². The van der Waals surface area contributed by atoms with Crippen LogP contribution < -0.4 is 10.5 Å². The average Bonchev–Trinajstić information content (AvgIpc) is 2.53. The second-order valence-electron chi connectivity index (χ2n) is 5.92. The molecule has 0 radical (unpaired) electrons. The minimum Gasteiger partial charge on any atom is -0.496 e. The standard InChI is InChI=1S/C19H24ClNO/c1-13(2)15-6-4-14(5-7-15)10-16(12-21)18-11-17(20)8-9-19(18)22-3/h4-9,11,13,16H,10,12,21H2,1-3H3. The first kappa shape index (κ1) is 16.9. The van der Waals surface area contributed by atoms with E-state index in [9.17, 15) is 0 Å². The van der Waals surface area contributed by atoms with Gasteiger partial charge in [0.05, 0.1) is 7.11 Å². The Morgan fingerprint density at radius 3 is 2.32 bits per heavy atom. The molecule has 2 N–H and O–H groups in total. The van der Waals surface area contributed by atoms with Gasteiger partial charge in [-0.15, -0.1) is 0 Å². The molecule has 118 valence electrons. The first-order chi connectivity index (χ1) is 10.5. The lowest BCUT2D eigenvalue weighted by atomic mass is 9.90. The van der Waals surface area contributed by atoms with Crippen LogP contribution >= 0.6 is 11.6 Å². The molecule has 3 heteroatoms. The second-order valence-corrected chi connectivity index (χ2v) is 6.36. The quantitative estimate of drug-likeness (QED) is 0.834. The maximum atomic E-state index is 6.14. The SMILES string of the molecule is COc1ccc(Cl)cc1C(CN)Cc1ccc(C(C)C)cc1. The molecule has 0 saturated carbocycles. The van der Waals surface area contributed by atoms with E-state index in [0.29, 0.717) is 17.5 Å². The zero-order valence-corrected chi connectivity index (χ0v) is 14.2. The minimum absolute atomic E-state index is 0.193. The maximum Gasteiger partial charge on any atom is 0.122 e. The zero-order chi connectivity index (χ0) is 16.1. The van der Waals surface area contributed by atoms with Crippen LogP contribution in [0, 0.1) is 0 Å². The van der Waals surface area contributed by atoms with Gasteiger partial charge in [0.1, 0.15) is 5.75 Å². The fourth-order valence-corrected chi connectivity index (χ4v) is 2.85. The third kappa shape index (κ3) is 4.02. The van der Waals surface area contributed by atoms with Gasteiger partial charge in [0.15, 0.2) is 0 Å². The highest BCUT2D eigenvalue weighted by atomic mass is 35.5. The first-order valence-electron chi connectivity index (χ1n) is 7.67. The Kier molecular flexibility index (Phi) is 5.87. The molecule has 2 rings (SSSR count). The highest BCUT2D eigenvalue weighted by Gasteiger charge is 2.16. The first-order valence-corrected chi connectivity index (χ1v) is 8.05. The van der Waals surface area contributed by atoms with Gasteiger partial charge in [0.25, 0.3) is 0 Å². The summed E-state index contributed by atoms with van der Waals surface area (Å²) in [5, 5.41) is 0.712. The monoisotopic (exact) mass is 317 g/mol. The number of rotatable bonds is 6. The molecule has 1 atom stereocenters. The van der Waals surface area contributed by atoms with Crippen LogP contribution in [0.3, 0.4) is 0 Å². The van der Waals surface area contributed by atoms with Gasteiger partial charge in [-0.25, -0.2) is 0 Å². The maximum absolute atomic E-state index is 6.14. The molecule has 0 spiro atoms. The molecule has 0 heterocycles. The lowest BCUT2D eigenvalue weighted by molar-refractivity contribution is 0.405. The number of benzene rings is 2. The molecule has 2 aromatic carbocycles. The van der Waals surface area contributed by atoms with E-state index in [1.807, 2.05) is 18.2 Å². The molecule has 22 heavy (non-hydrogen) atoms. The van der Waals surface area contributed by atoms with Crippen molar-refractivity contribution in [1.29, 1.82) is 0 Å². The molecule has 2 aromatic rings. The number of hydrogen-bond donors (Lipinski definition) is 1. The van der Waals surface area contributed by atoms with E-state index in [1.165, 1.54) is 11.1 Å². The number of methoxy groups -OCH3 is 1. The Labute approximate surface area is 138 Å². The number of nitrogens with two attached hydrogens (primary N) is 1. The van der Waals surface area contributed by atoms with Crippen molar-refractivity contribution in [3.8, 4) is 5.75 Å². The molecule has 0 aliphatic carbocycles. The predicted molar refractivity (Wildman–Crippen MR) is 94.0 cm³/mol. The summed E-state index contributed by atoms with van der Waals surface area (Å²) in [6, 6.07) is 14.5. The highest BCUT2D eigenvalue weighted by molar-refractivity contribution is 6.30. The number of hydrogen-bond acceptors (Lipinski definition) is 2. The summed E-state index contributed by atoms with van der Waals surface area (Å²) in [7, 11) is 1.68. The molecule has 2 nitrogen and oxygen atoms in total. The lowest BCUT2D eigenvalue weighted by Crippen LogP contribution is -2.16. The van der Waals surface area contributed by atoms with Crippen LogP contribution in [0.25, 0.3) is 0 Å². The molecule has 0 amide bonds. The van der Waals surface area contributed by atoms with Crippen LogP contribution in [0.1, 0.15) is 42.4 Å². The Balaban J connectivity index is 2.23. The number of ether oxygens (including phenoxy) is 1. The van der Waals surface area contributed by atoms with Crippen LogP contribution in [0.15, 0.2) is 42.5 Å². The third-order valence-corrected chi connectivity index (χ3v) is 4.28. The molecule has 0 saturated heterocycles. The summed E-state index contributed by atoms with van der Waals surface area (Å²) >= 11 is 6.14. The summed E-state index contributed by atoms with van der Waals surface area (Å²) < 4.78 is 5.46. The van der Waals surface area contributed by atoms with Gasteiger partial charge < -0.3 is 10.5 Å². The van der Waals surface area contributed by atoms with Crippen LogP contribution in [-0.4, -0.2) is 13.7 Å². The predicted octanol–water partition coefficient (Wildman–Crippen LogP) is 4.76. The van der Waals surface area contributed by atoms with Crippen molar-refractivity contribution in [2.75, 3.05) is 13.7 Å². The molecule has 0 bridgehead atoms. The second kappa shape index (κ2) is 7.66. The molecule has 0 fully saturated rings. The molecule has 0 aromatic heterocycles.